The number of phenols is 4. The Hall–Kier alpha value is -1.58. The Labute approximate surface area is 63.0 Å². The number of aryl methyl sites for hydroxylation is 1. The lowest BCUT2D eigenvalue weighted by molar-refractivity contribution is 0.344. The topological polar surface area (TPSA) is 80.9 Å². The van der Waals surface area contributed by atoms with Gasteiger partial charge in [0.1, 0.15) is 0 Å². The summed E-state index contributed by atoms with van der Waals surface area (Å²) in [5, 5.41) is 35.6. The number of hydrogen-bond donors (Lipinski definition) is 4. The molecule has 0 fully saturated rings. The van der Waals surface area contributed by atoms with Crippen molar-refractivity contribution in [2.24, 2.45) is 0 Å². The summed E-state index contributed by atoms with van der Waals surface area (Å²) >= 11 is 0. The Kier molecular flexibility index (Phi) is 1.53. The lowest BCUT2D eigenvalue weighted by atomic mass is 10.2. The van der Waals surface area contributed by atoms with Gasteiger partial charge in [-0.25, -0.2) is 0 Å². The quantitative estimate of drug-likeness (QED) is 0.331. The molecule has 0 aliphatic heterocycles. The van der Waals surface area contributed by atoms with E-state index in [0.29, 0.717) is 5.56 Å². The maximum atomic E-state index is 8.99. The van der Waals surface area contributed by atoms with Gasteiger partial charge in [0.05, 0.1) is 0 Å². The zero-order valence-corrected chi connectivity index (χ0v) is 5.87. The van der Waals surface area contributed by atoms with Crippen molar-refractivity contribution in [2.75, 3.05) is 0 Å². The van der Waals surface area contributed by atoms with Gasteiger partial charge in [0, 0.05) is 0 Å². The van der Waals surface area contributed by atoms with Crippen LogP contribution in [-0.4, -0.2) is 20.4 Å². The zero-order chi connectivity index (χ0) is 8.59. The van der Waals surface area contributed by atoms with Crippen LogP contribution in [0.3, 0.4) is 0 Å². The summed E-state index contributed by atoms with van der Waals surface area (Å²) in [4.78, 5) is 0. The van der Waals surface area contributed by atoms with Crippen LogP contribution in [0.4, 0.5) is 0 Å². The smallest absolute Gasteiger partial charge is 0.204 e. The van der Waals surface area contributed by atoms with Gasteiger partial charge in [0.25, 0.3) is 0 Å². The molecular formula is C7H8O4. The van der Waals surface area contributed by atoms with E-state index in [2.05, 4.69) is 0 Å². The van der Waals surface area contributed by atoms with E-state index in [1.54, 1.807) is 0 Å². The normalized spacial score (nSPS) is 9.91. The summed E-state index contributed by atoms with van der Waals surface area (Å²) in [6.07, 6.45) is 0. The van der Waals surface area contributed by atoms with Crippen molar-refractivity contribution in [3.63, 3.8) is 0 Å². The molecule has 60 valence electrons. The predicted octanol–water partition coefficient (Wildman–Crippen LogP) is 0.817. The molecule has 0 atom stereocenters. The third kappa shape index (κ3) is 1.02. The van der Waals surface area contributed by atoms with Crippen LogP contribution in [0.1, 0.15) is 5.56 Å². The number of benzene rings is 1. The fourth-order valence-electron chi connectivity index (χ4n) is 0.762. The molecule has 1 aromatic carbocycles. The lowest BCUT2D eigenvalue weighted by Gasteiger charge is -2.04. The van der Waals surface area contributed by atoms with E-state index < -0.39 is 23.0 Å². The van der Waals surface area contributed by atoms with Gasteiger partial charge in [-0.1, -0.05) is 0 Å². The highest BCUT2D eigenvalue weighted by atomic mass is 16.3. The van der Waals surface area contributed by atoms with Gasteiger partial charge >= 0.3 is 0 Å². The molecule has 0 amide bonds. The summed E-state index contributed by atoms with van der Waals surface area (Å²) in [5.74, 6) is -2.26. The second-order valence-corrected chi connectivity index (χ2v) is 2.26. The first kappa shape index (κ1) is 7.53. The molecule has 4 heteroatoms. The lowest BCUT2D eigenvalue weighted by Crippen LogP contribution is -1.77. The van der Waals surface area contributed by atoms with Crippen molar-refractivity contribution < 1.29 is 20.4 Å². The molecule has 0 bridgehead atoms. The maximum Gasteiger partial charge on any atom is 0.204 e. The number of hydrogen-bond acceptors (Lipinski definition) is 4. The van der Waals surface area contributed by atoms with Crippen molar-refractivity contribution in [3.05, 3.63) is 11.6 Å². The maximum absolute atomic E-state index is 8.99. The van der Waals surface area contributed by atoms with E-state index in [9.17, 15) is 0 Å². The predicted molar refractivity (Wildman–Crippen MR) is 37.8 cm³/mol. The Bertz CT molecular complexity index is 267. The molecule has 11 heavy (non-hydrogen) atoms. The van der Waals surface area contributed by atoms with Crippen LogP contribution in [0.2, 0.25) is 0 Å². The van der Waals surface area contributed by atoms with Crippen LogP contribution in [0, 0.1) is 6.92 Å². The molecule has 0 saturated heterocycles. The molecule has 0 aliphatic rings. The summed E-state index contributed by atoms with van der Waals surface area (Å²) in [6, 6.07) is 1.16. The van der Waals surface area contributed by atoms with Crippen LogP contribution in [0.5, 0.6) is 23.0 Å². The SMILES string of the molecule is Cc1cc(O)c(O)c(O)c1O. The van der Waals surface area contributed by atoms with Crippen molar-refractivity contribution in [3.8, 4) is 23.0 Å². The molecule has 1 aromatic rings. The molecule has 4 nitrogen and oxygen atoms in total. The Morgan fingerprint density at radius 3 is 2.00 bits per heavy atom. The Morgan fingerprint density at radius 1 is 0.909 bits per heavy atom. The molecule has 0 radical (unpaired) electrons. The molecular weight excluding hydrogens is 148 g/mol. The average molecular weight is 156 g/mol. The first-order valence-electron chi connectivity index (χ1n) is 2.97. The van der Waals surface area contributed by atoms with Gasteiger partial charge in [0.15, 0.2) is 11.5 Å². The summed E-state index contributed by atoms with van der Waals surface area (Å²) < 4.78 is 0. The second-order valence-electron chi connectivity index (χ2n) is 2.26. The van der Waals surface area contributed by atoms with Crippen LogP contribution >= 0.6 is 0 Å². The van der Waals surface area contributed by atoms with E-state index in [0.717, 1.165) is 6.07 Å². The first-order valence-corrected chi connectivity index (χ1v) is 2.97. The monoisotopic (exact) mass is 156 g/mol. The third-order valence-corrected chi connectivity index (χ3v) is 1.42. The number of aromatic hydroxyl groups is 4. The fourth-order valence-corrected chi connectivity index (χ4v) is 0.762. The highest BCUT2D eigenvalue weighted by Crippen LogP contribution is 2.43. The average Bonchev–Trinajstić information content (AvgIpc) is 1.97. The minimum absolute atomic E-state index is 0.304. The van der Waals surface area contributed by atoms with Gasteiger partial charge < -0.3 is 20.4 Å². The van der Waals surface area contributed by atoms with Crippen LogP contribution in [0.15, 0.2) is 6.07 Å². The van der Waals surface area contributed by atoms with E-state index in [1.165, 1.54) is 6.92 Å². The number of rotatable bonds is 0. The minimum atomic E-state index is -0.701. The third-order valence-electron chi connectivity index (χ3n) is 1.42. The molecule has 0 aliphatic carbocycles. The standard InChI is InChI=1S/C7H8O4/c1-3-2-4(8)6(10)7(11)5(3)9/h2,8-11H,1H3. The van der Waals surface area contributed by atoms with E-state index in [4.69, 9.17) is 20.4 Å². The van der Waals surface area contributed by atoms with Crippen molar-refractivity contribution in [1.29, 1.82) is 0 Å². The highest BCUT2D eigenvalue weighted by Gasteiger charge is 2.12. The highest BCUT2D eigenvalue weighted by molar-refractivity contribution is 5.59. The Balaban J connectivity index is 3.46. The van der Waals surface area contributed by atoms with Crippen LogP contribution in [-0.2, 0) is 0 Å². The van der Waals surface area contributed by atoms with Gasteiger partial charge in [-0.15, -0.1) is 0 Å². The first-order chi connectivity index (χ1) is 5.04. The molecule has 0 spiro atoms. The summed E-state index contributed by atoms with van der Waals surface area (Å²) in [7, 11) is 0. The summed E-state index contributed by atoms with van der Waals surface area (Å²) in [6.45, 7) is 1.49. The second kappa shape index (κ2) is 2.23. The Morgan fingerprint density at radius 2 is 1.45 bits per heavy atom. The zero-order valence-electron chi connectivity index (χ0n) is 5.87. The molecule has 0 saturated carbocycles. The molecule has 0 unspecified atom stereocenters. The van der Waals surface area contributed by atoms with Gasteiger partial charge in [0.2, 0.25) is 11.5 Å². The molecule has 0 heterocycles. The molecule has 0 aromatic heterocycles. The van der Waals surface area contributed by atoms with Gasteiger partial charge in [-0.3, -0.25) is 0 Å². The van der Waals surface area contributed by atoms with E-state index in [1.807, 2.05) is 0 Å². The largest absolute Gasteiger partial charge is 0.504 e. The van der Waals surface area contributed by atoms with E-state index in [-0.39, 0.29) is 0 Å². The van der Waals surface area contributed by atoms with Crippen molar-refractivity contribution in [1.82, 2.24) is 0 Å². The van der Waals surface area contributed by atoms with Gasteiger partial charge in [-0.2, -0.15) is 0 Å². The minimum Gasteiger partial charge on any atom is -0.504 e. The van der Waals surface area contributed by atoms with Crippen molar-refractivity contribution >= 4 is 0 Å². The molecule has 1 rings (SSSR count). The van der Waals surface area contributed by atoms with Crippen LogP contribution in [0.25, 0.3) is 0 Å². The van der Waals surface area contributed by atoms with Gasteiger partial charge in [-0.05, 0) is 18.6 Å². The molecule has 4 N–H and O–H groups in total. The fraction of sp³-hybridized carbons (Fsp3) is 0.143. The van der Waals surface area contributed by atoms with Crippen LogP contribution < -0.4 is 0 Å². The number of phenolic OH excluding ortho intramolecular Hbond substituents is 4. The summed E-state index contributed by atoms with van der Waals surface area (Å²) in [5.41, 5.74) is 0.304. The van der Waals surface area contributed by atoms with E-state index >= 15 is 0 Å². The van der Waals surface area contributed by atoms with Crippen molar-refractivity contribution in [2.45, 2.75) is 6.92 Å².